The van der Waals surface area contributed by atoms with Gasteiger partial charge in [0.25, 0.3) is 0 Å². The zero-order valence-corrected chi connectivity index (χ0v) is 6.27. The number of nitrogens with one attached hydrogen (secondary N) is 2. The van der Waals surface area contributed by atoms with Crippen molar-refractivity contribution in [3.63, 3.8) is 0 Å². The molecule has 1 aliphatic rings. The first-order valence-electron chi connectivity index (χ1n) is 2.93. The lowest BCUT2D eigenvalue weighted by atomic mass is 10.2. The Labute approximate surface area is 67.8 Å². The van der Waals surface area contributed by atoms with Crippen LogP contribution in [0, 0.1) is 0 Å². The van der Waals surface area contributed by atoms with Gasteiger partial charge in [0.1, 0.15) is 6.04 Å². The lowest BCUT2D eigenvalue weighted by molar-refractivity contribution is -0.141. The Hall–Kier alpha value is -1.17. The van der Waals surface area contributed by atoms with Crippen LogP contribution in [0.15, 0.2) is 0 Å². The van der Waals surface area contributed by atoms with Gasteiger partial charge in [-0.1, -0.05) is 0 Å². The lowest BCUT2D eigenvalue weighted by Crippen LogP contribution is -2.54. The molecule has 3 N–H and O–H groups in total. The van der Waals surface area contributed by atoms with Gasteiger partial charge >= 0.3 is 5.97 Å². The van der Waals surface area contributed by atoms with Crippen LogP contribution in [0.2, 0.25) is 0 Å². The van der Waals surface area contributed by atoms with E-state index in [9.17, 15) is 9.59 Å². The van der Waals surface area contributed by atoms with Gasteiger partial charge in [-0.2, -0.15) is 0 Å². The molecule has 5 nitrogen and oxygen atoms in total. The van der Waals surface area contributed by atoms with Crippen molar-refractivity contribution in [1.82, 2.24) is 10.6 Å². The Morgan fingerprint density at radius 2 is 2.36 bits per heavy atom. The van der Waals surface area contributed by atoms with E-state index in [-0.39, 0.29) is 17.4 Å². The van der Waals surface area contributed by atoms with Crippen LogP contribution < -0.4 is 10.6 Å². The first kappa shape index (κ1) is 7.93. The van der Waals surface area contributed by atoms with Gasteiger partial charge in [-0.15, -0.1) is 0 Å². The number of amides is 1. The fourth-order valence-corrected chi connectivity index (χ4v) is 1.01. The molecule has 1 fully saturated rings. The second kappa shape index (κ2) is 2.83. The number of carbonyl (C=O) groups excluding carboxylic acids is 1. The highest BCUT2D eigenvalue weighted by Gasteiger charge is 2.26. The van der Waals surface area contributed by atoms with Crippen LogP contribution >= 0.6 is 12.2 Å². The maximum atomic E-state index is 10.7. The van der Waals surface area contributed by atoms with Crippen molar-refractivity contribution in [2.75, 3.05) is 0 Å². The van der Waals surface area contributed by atoms with Crippen molar-refractivity contribution >= 4 is 29.2 Å². The van der Waals surface area contributed by atoms with Crippen LogP contribution in [0.1, 0.15) is 6.42 Å². The number of carboxylic acids is 1. The van der Waals surface area contributed by atoms with Crippen molar-refractivity contribution in [3.8, 4) is 0 Å². The molecule has 11 heavy (non-hydrogen) atoms. The Morgan fingerprint density at radius 3 is 2.82 bits per heavy atom. The van der Waals surface area contributed by atoms with Crippen molar-refractivity contribution in [2.24, 2.45) is 0 Å². The van der Waals surface area contributed by atoms with E-state index in [0.29, 0.717) is 0 Å². The van der Waals surface area contributed by atoms with Crippen molar-refractivity contribution in [2.45, 2.75) is 12.5 Å². The zero-order chi connectivity index (χ0) is 8.43. The summed E-state index contributed by atoms with van der Waals surface area (Å²) < 4.78 is 0. The fourth-order valence-electron chi connectivity index (χ4n) is 0.757. The summed E-state index contributed by atoms with van der Waals surface area (Å²) in [5.41, 5.74) is 0. The molecule has 0 aromatic carbocycles. The number of carboxylic acid groups (broad SMARTS) is 1. The summed E-state index contributed by atoms with van der Waals surface area (Å²) in [5.74, 6) is -1.43. The standard InChI is InChI=1S/C5H6N2O3S/c8-3-1-2(4(9)10)6-5(11)7-3/h2H,1H2,(H,9,10)(H2,6,7,8,11)/t2-/m0/s1. The van der Waals surface area contributed by atoms with Gasteiger partial charge in [0.2, 0.25) is 5.91 Å². The summed E-state index contributed by atoms with van der Waals surface area (Å²) in [6.45, 7) is 0. The van der Waals surface area contributed by atoms with E-state index in [1.807, 2.05) is 0 Å². The van der Waals surface area contributed by atoms with Crippen molar-refractivity contribution in [1.29, 1.82) is 0 Å². The molecule has 1 saturated heterocycles. The van der Waals surface area contributed by atoms with E-state index in [1.54, 1.807) is 0 Å². The number of aliphatic carboxylic acids is 1. The van der Waals surface area contributed by atoms with Gasteiger partial charge in [-0.05, 0) is 12.2 Å². The molecule has 0 aromatic rings. The highest BCUT2D eigenvalue weighted by Crippen LogP contribution is 1.97. The second-order valence-electron chi connectivity index (χ2n) is 2.12. The fraction of sp³-hybridized carbons (Fsp3) is 0.400. The average Bonchev–Trinajstić information content (AvgIpc) is 1.85. The summed E-state index contributed by atoms with van der Waals surface area (Å²) >= 11 is 4.57. The van der Waals surface area contributed by atoms with Gasteiger partial charge in [0.15, 0.2) is 5.11 Å². The quantitative estimate of drug-likeness (QED) is 0.437. The third-order valence-corrected chi connectivity index (χ3v) is 1.47. The number of carbonyl (C=O) groups is 2. The molecule has 60 valence electrons. The molecule has 0 radical (unpaired) electrons. The van der Waals surface area contributed by atoms with E-state index < -0.39 is 12.0 Å². The zero-order valence-electron chi connectivity index (χ0n) is 5.46. The van der Waals surface area contributed by atoms with Crippen molar-refractivity contribution in [3.05, 3.63) is 0 Å². The predicted molar refractivity (Wildman–Crippen MR) is 39.9 cm³/mol. The molecule has 1 rings (SSSR count). The highest BCUT2D eigenvalue weighted by atomic mass is 32.1. The predicted octanol–water partition coefficient (Wildman–Crippen LogP) is -1.17. The normalized spacial score (nSPS) is 23.8. The topological polar surface area (TPSA) is 78.4 Å². The van der Waals surface area contributed by atoms with Crippen molar-refractivity contribution < 1.29 is 14.7 Å². The van der Waals surface area contributed by atoms with E-state index in [2.05, 4.69) is 22.9 Å². The van der Waals surface area contributed by atoms with E-state index in [0.717, 1.165) is 0 Å². The monoisotopic (exact) mass is 174 g/mol. The minimum atomic E-state index is -1.07. The Kier molecular flexibility index (Phi) is 2.04. The Balaban J connectivity index is 2.63. The summed E-state index contributed by atoms with van der Waals surface area (Å²) in [6, 6.07) is -0.878. The molecule has 1 aliphatic heterocycles. The minimum Gasteiger partial charge on any atom is -0.480 e. The van der Waals surface area contributed by atoms with E-state index in [1.165, 1.54) is 0 Å². The SMILES string of the molecule is O=C1C[C@@H](C(=O)O)NC(=S)N1. The number of thiocarbonyl (C=S) groups is 1. The second-order valence-corrected chi connectivity index (χ2v) is 2.52. The van der Waals surface area contributed by atoms with Gasteiger partial charge in [0.05, 0.1) is 6.42 Å². The van der Waals surface area contributed by atoms with Crippen LogP contribution in [-0.2, 0) is 9.59 Å². The van der Waals surface area contributed by atoms with Gasteiger partial charge in [-0.25, -0.2) is 4.79 Å². The number of rotatable bonds is 1. The molecule has 0 unspecified atom stereocenters. The summed E-state index contributed by atoms with van der Waals surface area (Å²) in [5, 5.41) is 13.3. The molecular weight excluding hydrogens is 168 g/mol. The molecule has 0 spiro atoms. The third-order valence-electron chi connectivity index (χ3n) is 1.25. The summed E-state index contributed by atoms with van der Waals surface area (Å²) in [6.07, 6.45) is -0.0739. The minimum absolute atomic E-state index is 0.0739. The molecule has 1 heterocycles. The molecule has 6 heteroatoms. The molecular formula is C5H6N2O3S. The summed E-state index contributed by atoms with van der Waals surface area (Å²) in [7, 11) is 0. The molecule has 0 aliphatic carbocycles. The van der Waals surface area contributed by atoms with E-state index >= 15 is 0 Å². The van der Waals surface area contributed by atoms with Crippen LogP contribution in [0.25, 0.3) is 0 Å². The van der Waals surface area contributed by atoms with Gasteiger partial charge < -0.3 is 15.7 Å². The summed E-state index contributed by atoms with van der Waals surface area (Å²) in [4.78, 5) is 21.0. The lowest BCUT2D eigenvalue weighted by Gasteiger charge is -2.21. The van der Waals surface area contributed by atoms with Gasteiger partial charge in [0, 0.05) is 0 Å². The first-order valence-corrected chi connectivity index (χ1v) is 3.33. The smallest absolute Gasteiger partial charge is 0.326 e. The highest BCUT2D eigenvalue weighted by molar-refractivity contribution is 7.80. The molecule has 1 atom stereocenters. The van der Waals surface area contributed by atoms with Gasteiger partial charge in [-0.3, -0.25) is 4.79 Å². The maximum Gasteiger partial charge on any atom is 0.326 e. The molecule has 0 saturated carbocycles. The number of hydrogen-bond donors (Lipinski definition) is 3. The Morgan fingerprint density at radius 1 is 1.73 bits per heavy atom. The molecule has 1 amide bonds. The third kappa shape index (κ3) is 1.87. The maximum absolute atomic E-state index is 10.7. The Bertz CT molecular complexity index is 212. The van der Waals surface area contributed by atoms with Crippen LogP contribution in [0.3, 0.4) is 0 Å². The largest absolute Gasteiger partial charge is 0.480 e. The first-order chi connectivity index (χ1) is 5.09. The number of hydrogen-bond acceptors (Lipinski definition) is 3. The molecule has 0 bridgehead atoms. The van der Waals surface area contributed by atoms with Crippen LogP contribution in [0.5, 0.6) is 0 Å². The van der Waals surface area contributed by atoms with Crippen LogP contribution in [-0.4, -0.2) is 28.1 Å². The van der Waals surface area contributed by atoms with Crippen LogP contribution in [0.4, 0.5) is 0 Å². The molecule has 0 aromatic heterocycles. The van der Waals surface area contributed by atoms with E-state index in [4.69, 9.17) is 5.11 Å². The average molecular weight is 174 g/mol.